The average Bonchev–Trinajstić information content (AvgIpc) is 3.33. The molecule has 1 aliphatic rings. The van der Waals surface area contributed by atoms with Crippen molar-refractivity contribution < 1.29 is 27.2 Å². The Morgan fingerprint density at radius 3 is 2.59 bits per heavy atom. The number of hydrogen-bond donors (Lipinski definition) is 1. The summed E-state index contributed by atoms with van der Waals surface area (Å²) >= 11 is 0. The van der Waals surface area contributed by atoms with Crippen LogP contribution in [0.3, 0.4) is 0 Å². The van der Waals surface area contributed by atoms with Crippen LogP contribution in [0.25, 0.3) is 11.5 Å². The molecule has 0 aliphatic carbocycles. The van der Waals surface area contributed by atoms with Crippen molar-refractivity contribution in [1.29, 1.82) is 0 Å². The monoisotopic (exact) mass is 375 g/mol. The Bertz CT molecular complexity index is 954. The van der Waals surface area contributed by atoms with Crippen LogP contribution in [0.4, 0.5) is 13.2 Å². The largest absolute Gasteiger partial charge is 0.439 e. The molecular formula is C18H12F3N3O3. The molecule has 6 nitrogen and oxygen atoms in total. The fourth-order valence-corrected chi connectivity index (χ4v) is 2.53. The van der Waals surface area contributed by atoms with Crippen LogP contribution in [0.5, 0.6) is 5.75 Å². The number of nitrogens with zero attached hydrogens (tertiary/aromatic N) is 2. The van der Waals surface area contributed by atoms with Crippen LogP contribution in [0.1, 0.15) is 17.2 Å². The number of ether oxygens (including phenoxy) is 1. The van der Waals surface area contributed by atoms with Crippen LogP contribution in [-0.2, 0) is 11.0 Å². The second-order valence-corrected chi connectivity index (χ2v) is 5.66. The lowest BCUT2D eigenvalue weighted by Gasteiger charge is -2.10. The predicted molar refractivity (Wildman–Crippen MR) is 86.9 cm³/mol. The van der Waals surface area contributed by atoms with Crippen LogP contribution < -0.4 is 10.2 Å². The van der Waals surface area contributed by atoms with Crippen molar-refractivity contribution in [2.75, 3.05) is 0 Å². The van der Waals surface area contributed by atoms with Crippen molar-refractivity contribution in [3.05, 3.63) is 78.0 Å². The summed E-state index contributed by atoms with van der Waals surface area (Å²) in [5.41, 5.74) is 3.15. The smallest absolute Gasteiger partial charge is 0.416 e. The summed E-state index contributed by atoms with van der Waals surface area (Å²) in [6, 6.07) is 11.8. The predicted octanol–water partition coefficient (Wildman–Crippen LogP) is 4.25. The van der Waals surface area contributed by atoms with E-state index in [-0.39, 0.29) is 0 Å². The van der Waals surface area contributed by atoms with E-state index in [1.807, 2.05) is 0 Å². The second kappa shape index (κ2) is 6.76. The normalized spacial score (nSPS) is 16.7. The molecule has 3 aromatic rings. The molecule has 2 heterocycles. The van der Waals surface area contributed by atoms with Gasteiger partial charge in [-0.2, -0.15) is 13.2 Å². The minimum absolute atomic E-state index is 0.322. The number of hydroxylamine groups is 1. The van der Waals surface area contributed by atoms with Crippen molar-refractivity contribution in [3.63, 3.8) is 0 Å². The minimum atomic E-state index is -4.37. The Morgan fingerprint density at radius 1 is 1.07 bits per heavy atom. The van der Waals surface area contributed by atoms with Crippen LogP contribution in [0.15, 0.2) is 71.3 Å². The molecule has 0 amide bonds. The molecule has 1 N–H and O–H groups in total. The van der Waals surface area contributed by atoms with Crippen molar-refractivity contribution >= 4 is 0 Å². The van der Waals surface area contributed by atoms with Gasteiger partial charge < -0.3 is 9.15 Å². The van der Waals surface area contributed by atoms with Gasteiger partial charge in [0.15, 0.2) is 0 Å². The molecule has 9 heteroatoms. The third kappa shape index (κ3) is 3.77. The van der Waals surface area contributed by atoms with Gasteiger partial charge in [0.05, 0.1) is 5.56 Å². The fourth-order valence-electron chi connectivity index (χ4n) is 2.53. The number of aromatic nitrogens is 2. The lowest BCUT2D eigenvalue weighted by Crippen LogP contribution is -2.12. The average molecular weight is 375 g/mol. The number of nitrogens with one attached hydrogen (secondary N) is 1. The van der Waals surface area contributed by atoms with Gasteiger partial charge in [-0.3, -0.25) is 4.84 Å². The van der Waals surface area contributed by atoms with Gasteiger partial charge in [0.2, 0.25) is 18.2 Å². The summed E-state index contributed by atoms with van der Waals surface area (Å²) < 4.78 is 48.8. The Hall–Kier alpha value is -3.33. The van der Waals surface area contributed by atoms with E-state index in [9.17, 15) is 13.2 Å². The number of alkyl halides is 3. The molecule has 0 fully saturated rings. The summed E-state index contributed by atoms with van der Waals surface area (Å²) in [5, 5.41) is 7.45. The standard InChI is InChI=1S/C18H12F3N3O3/c19-18(20,21)13-6-4-11(5-7-13)15-9-16(24-27-15)26-14-3-1-2-12(8-14)17-23-22-10-25-17/h1-10,15,24H/t15-/m1/s1. The third-order valence-electron chi connectivity index (χ3n) is 3.82. The summed E-state index contributed by atoms with van der Waals surface area (Å²) in [7, 11) is 0. The van der Waals surface area contributed by atoms with Gasteiger partial charge in [0, 0.05) is 11.6 Å². The zero-order valence-electron chi connectivity index (χ0n) is 13.6. The van der Waals surface area contributed by atoms with E-state index < -0.39 is 17.8 Å². The van der Waals surface area contributed by atoms with E-state index >= 15 is 0 Å². The maximum Gasteiger partial charge on any atom is 0.416 e. The molecule has 138 valence electrons. The first kappa shape index (κ1) is 17.1. The van der Waals surface area contributed by atoms with Gasteiger partial charge in [-0.25, -0.2) is 5.48 Å². The SMILES string of the molecule is FC(F)(F)c1ccc([C@H]2C=C(Oc3cccc(-c4nnco4)c3)NO2)cc1. The van der Waals surface area contributed by atoms with E-state index in [0.29, 0.717) is 28.7 Å². The molecule has 0 saturated carbocycles. The molecular weight excluding hydrogens is 363 g/mol. The molecule has 1 aliphatic heterocycles. The van der Waals surface area contributed by atoms with Crippen LogP contribution >= 0.6 is 0 Å². The van der Waals surface area contributed by atoms with E-state index in [2.05, 4.69) is 15.7 Å². The Kier molecular flexibility index (Phi) is 4.28. The summed E-state index contributed by atoms with van der Waals surface area (Å²) in [4.78, 5) is 5.36. The van der Waals surface area contributed by atoms with E-state index in [1.165, 1.54) is 18.5 Å². The molecule has 2 aromatic carbocycles. The van der Waals surface area contributed by atoms with Gasteiger partial charge in [-0.15, -0.1) is 10.2 Å². The van der Waals surface area contributed by atoms with Gasteiger partial charge >= 0.3 is 6.18 Å². The maximum absolute atomic E-state index is 12.6. The minimum Gasteiger partial charge on any atom is -0.439 e. The van der Waals surface area contributed by atoms with Gasteiger partial charge in [-0.05, 0) is 35.9 Å². The van der Waals surface area contributed by atoms with Crippen LogP contribution in [0, 0.1) is 0 Å². The molecule has 27 heavy (non-hydrogen) atoms. The topological polar surface area (TPSA) is 69.4 Å². The molecule has 0 saturated heterocycles. The van der Waals surface area contributed by atoms with Crippen LogP contribution in [-0.4, -0.2) is 10.2 Å². The highest BCUT2D eigenvalue weighted by molar-refractivity contribution is 5.55. The van der Waals surface area contributed by atoms with E-state index in [4.69, 9.17) is 14.0 Å². The number of benzene rings is 2. The first-order valence-electron chi connectivity index (χ1n) is 7.84. The zero-order chi connectivity index (χ0) is 18.9. The molecule has 4 rings (SSSR count). The van der Waals surface area contributed by atoms with Crippen molar-refractivity contribution in [2.24, 2.45) is 0 Å². The summed E-state index contributed by atoms with van der Waals surface area (Å²) in [6.45, 7) is 0. The second-order valence-electron chi connectivity index (χ2n) is 5.66. The lowest BCUT2D eigenvalue weighted by atomic mass is 10.1. The Labute approximate surface area is 151 Å². The fraction of sp³-hybridized carbons (Fsp3) is 0.111. The van der Waals surface area contributed by atoms with Crippen molar-refractivity contribution in [2.45, 2.75) is 12.3 Å². The Morgan fingerprint density at radius 2 is 1.89 bits per heavy atom. The first-order valence-corrected chi connectivity index (χ1v) is 7.84. The molecule has 0 spiro atoms. The van der Waals surface area contributed by atoms with Crippen molar-refractivity contribution in [1.82, 2.24) is 15.7 Å². The maximum atomic E-state index is 12.6. The van der Waals surface area contributed by atoms with E-state index in [0.717, 1.165) is 12.1 Å². The van der Waals surface area contributed by atoms with Gasteiger partial charge in [0.25, 0.3) is 0 Å². The number of rotatable bonds is 4. The van der Waals surface area contributed by atoms with Gasteiger partial charge in [0.1, 0.15) is 11.9 Å². The quantitative estimate of drug-likeness (QED) is 0.735. The van der Waals surface area contributed by atoms with Crippen LogP contribution in [0.2, 0.25) is 0 Å². The molecule has 1 aromatic heterocycles. The highest BCUT2D eigenvalue weighted by Crippen LogP contribution is 2.32. The molecule has 1 atom stereocenters. The highest BCUT2D eigenvalue weighted by Gasteiger charge is 2.30. The third-order valence-corrected chi connectivity index (χ3v) is 3.82. The number of hydrogen-bond acceptors (Lipinski definition) is 6. The zero-order valence-corrected chi connectivity index (χ0v) is 13.6. The Balaban J connectivity index is 1.48. The first-order chi connectivity index (χ1) is 13.0. The van der Waals surface area contributed by atoms with E-state index in [1.54, 1.807) is 30.3 Å². The molecule has 0 bridgehead atoms. The molecule has 0 radical (unpaired) electrons. The van der Waals surface area contributed by atoms with Crippen molar-refractivity contribution in [3.8, 4) is 17.2 Å². The van der Waals surface area contributed by atoms with Gasteiger partial charge in [-0.1, -0.05) is 18.2 Å². The summed E-state index contributed by atoms with van der Waals surface area (Å²) in [5.74, 6) is 1.18. The number of halogens is 3. The highest BCUT2D eigenvalue weighted by atomic mass is 19.4. The molecule has 0 unspecified atom stereocenters. The summed E-state index contributed by atoms with van der Waals surface area (Å²) in [6.07, 6.45) is -2.09. The lowest BCUT2D eigenvalue weighted by molar-refractivity contribution is -0.137.